The van der Waals surface area contributed by atoms with E-state index in [1.54, 1.807) is 0 Å². The number of carbonyl (C=O) groups is 1. The molecule has 6 heteroatoms. The Bertz CT molecular complexity index is 235. The summed E-state index contributed by atoms with van der Waals surface area (Å²) in [7, 11) is -4.04. The van der Waals surface area contributed by atoms with Crippen molar-refractivity contribution >= 4 is 13.6 Å². The molecule has 0 amide bonds. The molecule has 0 aromatic rings. The van der Waals surface area contributed by atoms with Crippen LogP contribution < -0.4 is 0 Å². The van der Waals surface area contributed by atoms with Gasteiger partial charge in [0.15, 0.2) is 0 Å². The van der Waals surface area contributed by atoms with Crippen molar-refractivity contribution in [1.82, 2.24) is 0 Å². The van der Waals surface area contributed by atoms with Gasteiger partial charge < -0.3 is 14.5 Å². The second kappa shape index (κ2) is 8.74. The van der Waals surface area contributed by atoms with E-state index < -0.39 is 13.8 Å². The summed E-state index contributed by atoms with van der Waals surface area (Å²) in [6.45, 7) is 1.93. The van der Waals surface area contributed by atoms with Crippen LogP contribution in [0.15, 0.2) is 0 Å². The number of hydrogen-bond acceptors (Lipinski definition) is 3. The highest BCUT2D eigenvalue weighted by Gasteiger charge is 2.13. The molecule has 0 saturated carbocycles. The van der Waals surface area contributed by atoms with Crippen molar-refractivity contribution in [2.24, 2.45) is 0 Å². The van der Waals surface area contributed by atoms with E-state index >= 15 is 0 Å². The van der Waals surface area contributed by atoms with Crippen LogP contribution in [0, 0.1) is 0 Å². The lowest BCUT2D eigenvalue weighted by Gasteiger charge is -2.05. The maximum Gasteiger partial charge on any atom is 0.328 e. The fraction of sp³-hybridized carbons (Fsp3) is 0.900. The van der Waals surface area contributed by atoms with E-state index in [1.165, 1.54) is 6.42 Å². The standard InChI is InChI=1S/C10H21O5P/c1-2-3-4-5-6-7-10(11)15-8-9-16(12,13)14/h2-9H2,1H3,(H2,12,13,14). The molecular weight excluding hydrogens is 231 g/mol. The Morgan fingerprint density at radius 1 is 1.19 bits per heavy atom. The van der Waals surface area contributed by atoms with Gasteiger partial charge in [-0.05, 0) is 6.42 Å². The smallest absolute Gasteiger partial charge is 0.328 e. The maximum atomic E-state index is 11.1. The highest BCUT2D eigenvalue weighted by atomic mass is 31.2. The first-order chi connectivity index (χ1) is 7.45. The van der Waals surface area contributed by atoms with Crippen molar-refractivity contribution in [2.75, 3.05) is 12.8 Å². The molecule has 0 aliphatic carbocycles. The van der Waals surface area contributed by atoms with E-state index in [1.807, 2.05) is 0 Å². The molecule has 0 saturated heterocycles. The Hall–Kier alpha value is -0.380. The van der Waals surface area contributed by atoms with Crippen molar-refractivity contribution < 1.29 is 23.9 Å². The zero-order chi connectivity index (χ0) is 12.4. The maximum absolute atomic E-state index is 11.1. The summed E-state index contributed by atoms with van der Waals surface area (Å²) < 4.78 is 15.1. The minimum absolute atomic E-state index is 0.196. The van der Waals surface area contributed by atoms with Gasteiger partial charge in [0, 0.05) is 6.42 Å². The summed E-state index contributed by atoms with van der Waals surface area (Å²) in [6.07, 6.45) is 5.18. The Morgan fingerprint density at radius 3 is 2.38 bits per heavy atom. The quantitative estimate of drug-likeness (QED) is 0.373. The van der Waals surface area contributed by atoms with E-state index in [0.717, 1.165) is 25.7 Å². The van der Waals surface area contributed by atoms with Gasteiger partial charge in [-0.25, -0.2) is 0 Å². The molecule has 0 radical (unpaired) electrons. The number of unbranched alkanes of at least 4 members (excludes halogenated alkanes) is 4. The van der Waals surface area contributed by atoms with Gasteiger partial charge in [0.1, 0.15) is 6.61 Å². The number of ether oxygens (including phenoxy) is 1. The number of carbonyl (C=O) groups excluding carboxylic acids is 1. The monoisotopic (exact) mass is 252 g/mol. The predicted molar refractivity (Wildman–Crippen MR) is 61.2 cm³/mol. The summed E-state index contributed by atoms with van der Waals surface area (Å²) in [5.41, 5.74) is 0. The molecule has 0 heterocycles. The first-order valence-electron chi connectivity index (χ1n) is 5.66. The molecule has 0 aliphatic heterocycles. The topological polar surface area (TPSA) is 83.8 Å². The Morgan fingerprint density at radius 2 is 1.81 bits per heavy atom. The zero-order valence-electron chi connectivity index (χ0n) is 9.72. The van der Waals surface area contributed by atoms with Crippen LogP contribution in [0.3, 0.4) is 0 Å². The Kier molecular flexibility index (Phi) is 8.53. The van der Waals surface area contributed by atoms with Crippen LogP contribution in [-0.4, -0.2) is 28.5 Å². The van der Waals surface area contributed by atoms with Crippen molar-refractivity contribution in [3.63, 3.8) is 0 Å². The van der Waals surface area contributed by atoms with Gasteiger partial charge in [0.25, 0.3) is 0 Å². The highest BCUT2D eigenvalue weighted by molar-refractivity contribution is 7.51. The second-order valence-corrected chi connectivity index (χ2v) is 5.55. The lowest BCUT2D eigenvalue weighted by Crippen LogP contribution is -2.08. The van der Waals surface area contributed by atoms with Crippen LogP contribution >= 0.6 is 7.60 Å². The average molecular weight is 252 g/mol. The summed E-state index contributed by atoms with van der Waals surface area (Å²) in [5, 5.41) is 0. The lowest BCUT2D eigenvalue weighted by atomic mass is 10.1. The molecule has 0 aromatic heterocycles. The van der Waals surface area contributed by atoms with Crippen LogP contribution in [0.1, 0.15) is 45.4 Å². The van der Waals surface area contributed by atoms with Gasteiger partial charge in [0.2, 0.25) is 0 Å². The molecule has 16 heavy (non-hydrogen) atoms. The minimum atomic E-state index is -4.04. The first kappa shape index (κ1) is 15.6. The van der Waals surface area contributed by atoms with Crippen molar-refractivity contribution in [2.45, 2.75) is 45.4 Å². The third-order valence-corrected chi connectivity index (χ3v) is 2.90. The molecule has 0 unspecified atom stereocenters. The van der Waals surface area contributed by atoms with Gasteiger partial charge in [-0.2, -0.15) is 0 Å². The van der Waals surface area contributed by atoms with E-state index in [9.17, 15) is 9.36 Å². The molecule has 0 atom stereocenters. The summed E-state index contributed by atoms with van der Waals surface area (Å²) >= 11 is 0. The van der Waals surface area contributed by atoms with Crippen LogP contribution in [0.5, 0.6) is 0 Å². The molecule has 0 spiro atoms. The normalized spacial score (nSPS) is 11.4. The van der Waals surface area contributed by atoms with Crippen LogP contribution in [-0.2, 0) is 14.1 Å². The predicted octanol–water partition coefficient (Wildman–Crippen LogP) is 2.07. The van der Waals surface area contributed by atoms with Crippen LogP contribution in [0.4, 0.5) is 0 Å². The minimum Gasteiger partial charge on any atom is -0.465 e. The van der Waals surface area contributed by atoms with Crippen molar-refractivity contribution in [1.29, 1.82) is 0 Å². The summed E-state index contributed by atoms with van der Waals surface area (Å²) in [4.78, 5) is 28.1. The van der Waals surface area contributed by atoms with Gasteiger partial charge >= 0.3 is 13.6 Å². The number of esters is 1. The molecule has 2 N–H and O–H groups in total. The third-order valence-electron chi connectivity index (χ3n) is 2.13. The fourth-order valence-electron chi connectivity index (χ4n) is 1.22. The molecule has 0 aromatic carbocycles. The van der Waals surface area contributed by atoms with Crippen LogP contribution in [0.2, 0.25) is 0 Å². The van der Waals surface area contributed by atoms with Gasteiger partial charge in [0.05, 0.1) is 6.16 Å². The van der Waals surface area contributed by atoms with E-state index in [0.29, 0.717) is 6.42 Å². The SMILES string of the molecule is CCCCCCCC(=O)OCCP(=O)(O)O. The highest BCUT2D eigenvalue weighted by Crippen LogP contribution is 2.33. The molecule has 5 nitrogen and oxygen atoms in total. The number of rotatable bonds is 9. The van der Waals surface area contributed by atoms with E-state index in [-0.39, 0.29) is 12.6 Å². The van der Waals surface area contributed by atoms with E-state index in [4.69, 9.17) is 14.5 Å². The summed E-state index contributed by atoms with van der Waals surface area (Å²) in [5.74, 6) is -0.370. The molecule has 0 aliphatic rings. The van der Waals surface area contributed by atoms with Gasteiger partial charge in [-0.15, -0.1) is 0 Å². The van der Waals surface area contributed by atoms with Crippen LogP contribution in [0.25, 0.3) is 0 Å². The third kappa shape index (κ3) is 11.7. The number of hydrogen-bond donors (Lipinski definition) is 2. The van der Waals surface area contributed by atoms with Crippen molar-refractivity contribution in [3.05, 3.63) is 0 Å². The molecule has 0 rings (SSSR count). The lowest BCUT2D eigenvalue weighted by molar-refractivity contribution is -0.143. The molecule has 96 valence electrons. The first-order valence-corrected chi connectivity index (χ1v) is 7.45. The molecule has 0 bridgehead atoms. The second-order valence-electron chi connectivity index (χ2n) is 3.77. The Labute approximate surface area is 96.4 Å². The zero-order valence-corrected chi connectivity index (χ0v) is 10.6. The van der Waals surface area contributed by atoms with Crippen molar-refractivity contribution in [3.8, 4) is 0 Å². The molecular formula is C10H21O5P. The molecule has 0 fully saturated rings. The van der Waals surface area contributed by atoms with Gasteiger partial charge in [-0.1, -0.05) is 32.6 Å². The fourth-order valence-corrected chi connectivity index (χ4v) is 1.55. The van der Waals surface area contributed by atoms with Gasteiger partial charge in [-0.3, -0.25) is 9.36 Å². The largest absolute Gasteiger partial charge is 0.465 e. The summed E-state index contributed by atoms with van der Waals surface area (Å²) in [6, 6.07) is 0. The Balaban J connectivity index is 3.35. The average Bonchev–Trinajstić information content (AvgIpc) is 2.15. The van der Waals surface area contributed by atoms with E-state index in [2.05, 4.69) is 6.92 Å².